The number of hydrogen-bond acceptors (Lipinski definition) is 2. The third-order valence-corrected chi connectivity index (χ3v) is 1.96. The highest BCUT2D eigenvalue weighted by atomic mass is 32.1. The van der Waals surface area contributed by atoms with E-state index in [0.29, 0.717) is 0 Å². The second-order valence-electron chi connectivity index (χ2n) is 2.80. The van der Waals surface area contributed by atoms with E-state index in [1.807, 2.05) is 12.1 Å². The van der Waals surface area contributed by atoms with E-state index in [-0.39, 0.29) is 16.7 Å². The van der Waals surface area contributed by atoms with E-state index in [0.717, 1.165) is 11.3 Å². The van der Waals surface area contributed by atoms with Crippen molar-refractivity contribution in [1.29, 1.82) is 0 Å². The molecule has 2 rings (SSSR count). The normalized spacial score (nSPS) is 16.6. The minimum Gasteiger partial charge on any atom is -0.374 e. The molecule has 0 bridgehead atoms. The van der Waals surface area contributed by atoms with Crippen molar-refractivity contribution in [3.63, 3.8) is 0 Å². The van der Waals surface area contributed by atoms with Gasteiger partial charge in [0.05, 0.1) is 5.69 Å². The Morgan fingerprint density at radius 3 is 2.86 bits per heavy atom. The largest absolute Gasteiger partial charge is 0.374 e. The zero-order valence-corrected chi connectivity index (χ0v) is 7.97. The zero-order valence-electron chi connectivity index (χ0n) is 7.15. The smallest absolute Gasteiger partial charge is 0.275 e. The minimum absolute atomic E-state index is 0.0353. The maximum Gasteiger partial charge on any atom is 0.275 e. The van der Waals surface area contributed by atoms with Crippen molar-refractivity contribution in [3.8, 4) is 0 Å². The number of rotatable bonds is 0. The number of thiocarbonyl (C=S) groups is 1. The molecule has 1 aromatic carbocycles. The fourth-order valence-corrected chi connectivity index (χ4v) is 1.41. The Morgan fingerprint density at radius 2 is 2.14 bits per heavy atom. The number of carbonyl (C=O) groups is 1. The molecule has 0 fully saturated rings. The van der Waals surface area contributed by atoms with Crippen LogP contribution in [0.25, 0.3) is 0 Å². The maximum absolute atomic E-state index is 11.4. The van der Waals surface area contributed by atoms with Crippen LogP contribution in [0.1, 0.15) is 5.56 Å². The first-order valence-electron chi connectivity index (χ1n) is 3.97. The molecular formula is C9H7N3OS. The topological polar surface area (TPSA) is 67.5 Å². The van der Waals surface area contributed by atoms with Crippen molar-refractivity contribution >= 4 is 34.6 Å². The molecule has 4 nitrogen and oxygen atoms in total. The standard InChI is InChI=1S/C9H7N3OS/c10-9(14)12-7-5-3-1-2-4-6(5)11-8(7)13/h1-4H,(H3,10,11,12,13,14). The summed E-state index contributed by atoms with van der Waals surface area (Å²) in [6.07, 6.45) is 0. The molecule has 1 amide bonds. The van der Waals surface area contributed by atoms with Gasteiger partial charge in [0.1, 0.15) is 5.71 Å². The lowest BCUT2D eigenvalue weighted by Gasteiger charge is -1.94. The van der Waals surface area contributed by atoms with Crippen LogP contribution in [0.15, 0.2) is 29.3 Å². The molecule has 0 aromatic heterocycles. The van der Waals surface area contributed by atoms with Gasteiger partial charge in [0.2, 0.25) is 0 Å². The average Bonchev–Trinajstić information content (AvgIpc) is 2.43. The molecule has 1 heterocycles. The van der Waals surface area contributed by atoms with Crippen molar-refractivity contribution in [2.75, 3.05) is 5.32 Å². The Balaban J connectivity index is 2.55. The zero-order chi connectivity index (χ0) is 10.1. The van der Waals surface area contributed by atoms with Crippen molar-refractivity contribution in [3.05, 3.63) is 29.8 Å². The first-order valence-corrected chi connectivity index (χ1v) is 4.38. The van der Waals surface area contributed by atoms with E-state index >= 15 is 0 Å². The van der Waals surface area contributed by atoms with Gasteiger partial charge in [-0.1, -0.05) is 18.2 Å². The summed E-state index contributed by atoms with van der Waals surface area (Å²) >= 11 is 4.62. The lowest BCUT2D eigenvalue weighted by molar-refractivity contribution is -0.110. The number of carbonyl (C=O) groups excluding carboxylic acids is 1. The van der Waals surface area contributed by atoms with Crippen LogP contribution in [-0.2, 0) is 4.79 Å². The van der Waals surface area contributed by atoms with Crippen molar-refractivity contribution in [1.82, 2.24) is 0 Å². The molecule has 70 valence electrons. The Bertz CT molecular complexity index is 453. The molecule has 0 spiro atoms. The maximum atomic E-state index is 11.4. The molecule has 0 radical (unpaired) electrons. The third-order valence-electron chi connectivity index (χ3n) is 1.87. The summed E-state index contributed by atoms with van der Waals surface area (Å²) in [6.45, 7) is 0. The van der Waals surface area contributed by atoms with E-state index in [4.69, 9.17) is 5.73 Å². The van der Waals surface area contributed by atoms with E-state index in [9.17, 15) is 4.79 Å². The van der Waals surface area contributed by atoms with E-state index < -0.39 is 0 Å². The highest BCUT2D eigenvalue weighted by Gasteiger charge is 2.25. The molecule has 0 aliphatic carbocycles. The van der Waals surface area contributed by atoms with Gasteiger partial charge in [0, 0.05) is 5.56 Å². The first-order chi connectivity index (χ1) is 6.68. The SMILES string of the molecule is NC(=S)/N=C1\C(=O)Nc2ccccc21. The minimum atomic E-state index is -0.265. The van der Waals surface area contributed by atoms with Crippen LogP contribution in [0.2, 0.25) is 0 Å². The fourth-order valence-electron chi connectivity index (χ4n) is 1.32. The lowest BCUT2D eigenvalue weighted by atomic mass is 10.1. The number of nitrogens with one attached hydrogen (secondary N) is 1. The summed E-state index contributed by atoms with van der Waals surface area (Å²) in [4.78, 5) is 15.2. The molecule has 0 saturated heterocycles. The van der Waals surface area contributed by atoms with Gasteiger partial charge in [-0.05, 0) is 18.3 Å². The highest BCUT2D eigenvalue weighted by molar-refractivity contribution is 7.80. The first kappa shape index (κ1) is 8.83. The van der Waals surface area contributed by atoms with Gasteiger partial charge >= 0.3 is 0 Å². The number of benzene rings is 1. The molecule has 0 unspecified atom stereocenters. The third kappa shape index (κ3) is 1.38. The van der Waals surface area contributed by atoms with Gasteiger partial charge in [0.25, 0.3) is 5.91 Å². The van der Waals surface area contributed by atoms with Gasteiger partial charge in [0.15, 0.2) is 5.11 Å². The number of anilines is 1. The Morgan fingerprint density at radius 1 is 1.43 bits per heavy atom. The predicted molar refractivity (Wildman–Crippen MR) is 58.4 cm³/mol. The Labute approximate surface area is 85.8 Å². The molecule has 1 aliphatic rings. The lowest BCUT2D eigenvalue weighted by Crippen LogP contribution is -2.18. The van der Waals surface area contributed by atoms with E-state index in [1.54, 1.807) is 12.1 Å². The van der Waals surface area contributed by atoms with Crippen molar-refractivity contribution < 1.29 is 4.79 Å². The van der Waals surface area contributed by atoms with Crippen molar-refractivity contribution in [2.45, 2.75) is 0 Å². The number of para-hydroxylation sites is 1. The van der Waals surface area contributed by atoms with Crippen LogP contribution in [0.4, 0.5) is 5.69 Å². The quantitative estimate of drug-likeness (QED) is 0.612. The van der Waals surface area contributed by atoms with Gasteiger partial charge in [-0.25, -0.2) is 4.99 Å². The number of amides is 1. The summed E-state index contributed by atoms with van der Waals surface area (Å²) in [6, 6.07) is 7.26. The second-order valence-corrected chi connectivity index (χ2v) is 3.22. The summed E-state index contributed by atoms with van der Waals surface area (Å²) in [7, 11) is 0. The monoisotopic (exact) mass is 205 g/mol. The molecule has 14 heavy (non-hydrogen) atoms. The molecule has 5 heteroatoms. The number of nitrogens with zero attached hydrogens (tertiary/aromatic N) is 1. The van der Waals surface area contributed by atoms with Crippen LogP contribution in [-0.4, -0.2) is 16.7 Å². The molecule has 1 aliphatic heterocycles. The van der Waals surface area contributed by atoms with Gasteiger partial charge in [-0.15, -0.1) is 0 Å². The predicted octanol–water partition coefficient (Wildman–Crippen LogP) is 0.671. The molecule has 3 N–H and O–H groups in total. The second kappa shape index (κ2) is 3.19. The fraction of sp³-hybridized carbons (Fsp3) is 0. The molecular weight excluding hydrogens is 198 g/mol. The summed E-state index contributed by atoms with van der Waals surface area (Å²) in [5.41, 5.74) is 7.02. The summed E-state index contributed by atoms with van der Waals surface area (Å²) in [5.74, 6) is -0.265. The summed E-state index contributed by atoms with van der Waals surface area (Å²) < 4.78 is 0. The van der Waals surface area contributed by atoms with Crippen LogP contribution >= 0.6 is 12.2 Å². The van der Waals surface area contributed by atoms with Crippen LogP contribution in [0, 0.1) is 0 Å². The molecule has 0 atom stereocenters. The molecule has 1 aromatic rings. The van der Waals surface area contributed by atoms with Crippen LogP contribution in [0.5, 0.6) is 0 Å². The number of aliphatic imine (C=N–C) groups is 1. The van der Waals surface area contributed by atoms with E-state index in [1.165, 1.54) is 0 Å². The number of nitrogens with two attached hydrogens (primary N) is 1. The van der Waals surface area contributed by atoms with Gasteiger partial charge in [-0.2, -0.15) is 0 Å². The number of hydrogen-bond donors (Lipinski definition) is 2. The average molecular weight is 205 g/mol. The number of fused-ring (bicyclic) bond motifs is 1. The summed E-state index contributed by atoms with van der Waals surface area (Å²) in [5, 5.41) is 2.63. The molecule has 0 saturated carbocycles. The van der Waals surface area contributed by atoms with E-state index in [2.05, 4.69) is 22.5 Å². The van der Waals surface area contributed by atoms with Gasteiger partial charge < -0.3 is 11.1 Å². The van der Waals surface area contributed by atoms with Gasteiger partial charge in [-0.3, -0.25) is 4.79 Å². The van der Waals surface area contributed by atoms with Crippen LogP contribution < -0.4 is 11.1 Å². The Hall–Kier alpha value is -1.75. The van der Waals surface area contributed by atoms with Crippen LogP contribution in [0.3, 0.4) is 0 Å². The Kier molecular flexibility index (Phi) is 2.01. The highest BCUT2D eigenvalue weighted by Crippen LogP contribution is 2.22. The van der Waals surface area contributed by atoms with Crippen molar-refractivity contribution in [2.24, 2.45) is 10.7 Å².